The van der Waals surface area contributed by atoms with Crippen LogP contribution in [0.4, 0.5) is 5.69 Å². The summed E-state index contributed by atoms with van der Waals surface area (Å²) in [7, 11) is 1.34. The molecule has 2 aromatic carbocycles. The Labute approximate surface area is 261 Å². The number of ether oxygens (including phenoxy) is 1. The lowest BCUT2D eigenvalue weighted by atomic mass is 9.75. The van der Waals surface area contributed by atoms with Crippen LogP contribution in [0.3, 0.4) is 0 Å². The Balaban J connectivity index is 1.57. The highest BCUT2D eigenvalue weighted by molar-refractivity contribution is 7.82. The van der Waals surface area contributed by atoms with Gasteiger partial charge in [0.25, 0.3) is 0 Å². The van der Waals surface area contributed by atoms with Gasteiger partial charge in [-0.2, -0.15) is 14.6 Å². The van der Waals surface area contributed by atoms with E-state index in [0.29, 0.717) is 28.7 Å². The molecule has 0 spiro atoms. The van der Waals surface area contributed by atoms with Gasteiger partial charge in [0.1, 0.15) is 23.6 Å². The molecule has 236 valence electrons. The number of aromatic amines is 1. The van der Waals surface area contributed by atoms with Crippen LogP contribution in [0.1, 0.15) is 62.0 Å². The van der Waals surface area contributed by atoms with E-state index in [1.165, 1.54) is 7.11 Å². The fourth-order valence-electron chi connectivity index (χ4n) is 5.85. The van der Waals surface area contributed by atoms with Crippen molar-refractivity contribution < 1.29 is 27.7 Å². The number of aryl methyl sites for hydroxylation is 3. The topological polar surface area (TPSA) is 148 Å². The summed E-state index contributed by atoms with van der Waals surface area (Å²) in [6.45, 7) is 11.9. The average molecular weight is 624 g/mol. The minimum atomic E-state index is -1.87. The number of carbonyl (C=O) groups is 1. The van der Waals surface area contributed by atoms with Crippen LogP contribution < -0.4 is 8.91 Å². The summed E-state index contributed by atoms with van der Waals surface area (Å²) < 4.78 is 27.5. The molecule has 0 radical (unpaired) electrons. The molecule has 0 bridgehead atoms. The van der Waals surface area contributed by atoms with Crippen LogP contribution >= 0.6 is 0 Å². The first-order valence-electron chi connectivity index (χ1n) is 14.7. The van der Waals surface area contributed by atoms with Crippen molar-refractivity contribution in [2.24, 2.45) is 23.7 Å². The van der Waals surface area contributed by atoms with Crippen LogP contribution in [0.25, 0.3) is 11.4 Å². The highest BCUT2D eigenvalue weighted by Gasteiger charge is 2.40. The lowest BCUT2D eigenvalue weighted by Crippen LogP contribution is -2.40. The standard InChI is InChI=1S/C32H41N5O6S/c1-18-8-9-21(4)27(14-18)43-44(39)37-26-15-24(11-10-20(26)3)30-34-31(36-35-30)28(25(16-33)17-41-40-7)32(38)42-29-22(5)12-19(2)13-23(29)6/h8-11,14-15,19,22-23,25,28-29,37H,12-13,17H2,1-7H3,(H,34,35,36). The van der Waals surface area contributed by atoms with Crippen LogP contribution in [-0.2, 0) is 30.6 Å². The molecule has 1 aromatic heterocycles. The molecule has 1 heterocycles. The molecule has 12 heteroatoms. The van der Waals surface area contributed by atoms with Crippen molar-refractivity contribution in [3.05, 3.63) is 58.9 Å². The molecule has 5 atom stereocenters. The number of rotatable bonds is 12. The van der Waals surface area contributed by atoms with Crippen molar-refractivity contribution in [2.75, 3.05) is 18.4 Å². The maximum atomic E-state index is 13.7. The number of aromatic nitrogens is 3. The molecule has 2 N–H and O–H groups in total. The number of hydrogen-bond acceptors (Lipinski definition) is 9. The zero-order chi connectivity index (χ0) is 32.0. The summed E-state index contributed by atoms with van der Waals surface area (Å²) in [5.41, 5.74) is 3.85. The molecule has 1 aliphatic rings. The van der Waals surface area contributed by atoms with Gasteiger partial charge in [0.15, 0.2) is 5.82 Å². The molecule has 5 unspecified atom stereocenters. The molecule has 0 amide bonds. The average Bonchev–Trinajstić information content (AvgIpc) is 3.45. The van der Waals surface area contributed by atoms with Gasteiger partial charge in [-0.25, -0.2) is 14.8 Å². The van der Waals surface area contributed by atoms with E-state index >= 15 is 0 Å². The summed E-state index contributed by atoms with van der Waals surface area (Å²) in [6.07, 6.45) is 1.64. The summed E-state index contributed by atoms with van der Waals surface area (Å²) >= 11 is -1.87. The van der Waals surface area contributed by atoms with E-state index < -0.39 is 29.1 Å². The van der Waals surface area contributed by atoms with Gasteiger partial charge in [-0.3, -0.25) is 14.6 Å². The van der Waals surface area contributed by atoms with Crippen LogP contribution in [0.15, 0.2) is 36.4 Å². The number of carbonyl (C=O) groups excluding carboxylic acids is 1. The van der Waals surface area contributed by atoms with Gasteiger partial charge in [-0.15, -0.1) is 0 Å². The monoisotopic (exact) mass is 623 g/mol. The highest BCUT2D eigenvalue weighted by Crippen LogP contribution is 2.37. The number of nitrogens with one attached hydrogen (secondary N) is 2. The molecular formula is C32H41N5O6S. The third-order valence-corrected chi connectivity index (χ3v) is 8.82. The van der Waals surface area contributed by atoms with Crippen LogP contribution in [0.5, 0.6) is 5.75 Å². The van der Waals surface area contributed by atoms with E-state index in [1.807, 2.05) is 51.1 Å². The zero-order valence-corrected chi connectivity index (χ0v) is 27.1. The first-order chi connectivity index (χ1) is 21.0. The van der Waals surface area contributed by atoms with Gasteiger partial charge in [-0.1, -0.05) is 45.0 Å². The molecule has 0 aliphatic heterocycles. The Morgan fingerprint density at radius 1 is 1.11 bits per heavy atom. The Hall–Kier alpha value is -3.79. The summed E-state index contributed by atoms with van der Waals surface area (Å²) in [6, 6.07) is 13.3. The Bertz CT molecular complexity index is 1510. The normalized spacial score (nSPS) is 22.0. The fraction of sp³-hybridized carbons (Fsp3) is 0.500. The maximum absolute atomic E-state index is 13.7. The molecule has 0 saturated heterocycles. The predicted octanol–water partition coefficient (Wildman–Crippen LogP) is 5.88. The van der Waals surface area contributed by atoms with E-state index in [1.54, 1.807) is 6.07 Å². The second-order valence-corrected chi connectivity index (χ2v) is 12.7. The first-order valence-corrected chi connectivity index (χ1v) is 15.8. The van der Waals surface area contributed by atoms with Gasteiger partial charge in [0.2, 0.25) is 0 Å². The largest absolute Gasteiger partial charge is 0.461 e. The second-order valence-electron chi connectivity index (χ2n) is 11.9. The molecule has 3 aromatic rings. The van der Waals surface area contributed by atoms with Crippen molar-refractivity contribution in [1.29, 1.82) is 5.26 Å². The smallest absolute Gasteiger partial charge is 0.318 e. The molecule has 11 nitrogen and oxygen atoms in total. The Morgan fingerprint density at radius 2 is 1.82 bits per heavy atom. The molecule has 1 aliphatic carbocycles. The van der Waals surface area contributed by atoms with Gasteiger partial charge in [0, 0.05) is 5.56 Å². The lowest BCUT2D eigenvalue weighted by molar-refractivity contribution is -0.278. The van der Waals surface area contributed by atoms with Gasteiger partial charge >= 0.3 is 17.2 Å². The minimum Gasteiger partial charge on any atom is -0.461 e. The maximum Gasteiger partial charge on any atom is 0.318 e. The number of nitriles is 1. The number of benzene rings is 2. The second kappa shape index (κ2) is 14.8. The van der Waals surface area contributed by atoms with Gasteiger partial charge in [0.05, 0.1) is 31.4 Å². The fourth-order valence-corrected chi connectivity index (χ4v) is 6.64. The molecule has 1 saturated carbocycles. The summed E-state index contributed by atoms with van der Waals surface area (Å²) in [5.74, 6) is -0.691. The van der Waals surface area contributed by atoms with Gasteiger partial charge in [-0.05, 0) is 80.2 Å². The minimum absolute atomic E-state index is 0.166. The SMILES string of the molecule is COOCC(C#N)C(C(=O)OC1C(C)CC(C)CC1C)c1nc(-c2ccc(C)c(NS(=O)Oc3cc(C)ccc3C)c2)n[nH]1. The zero-order valence-electron chi connectivity index (χ0n) is 26.2. The Kier molecular flexibility index (Phi) is 11.1. The number of hydrogen-bond donors (Lipinski definition) is 2. The van der Waals surface area contributed by atoms with E-state index in [9.17, 15) is 14.3 Å². The van der Waals surface area contributed by atoms with Crippen molar-refractivity contribution >= 4 is 22.9 Å². The molecule has 1 fully saturated rings. The number of H-pyrrole nitrogens is 1. The van der Waals surface area contributed by atoms with Crippen LogP contribution in [-0.4, -0.2) is 45.2 Å². The van der Waals surface area contributed by atoms with Crippen molar-refractivity contribution in [1.82, 2.24) is 15.2 Å². The van der Waals surface area contributed by atoms with Crippen LogP contribution in [0, 0.1) is 55.8 Å². The third-order valence-electron chi connectivity index (χ3n) is 8.11. The van der Waals surface area contributed by atoms with Crippen molar-refractivity contribution in [3.8, 4) is 23.2 Å². The predicted molar refractivity (Wildman–Crippen MR) is 166 cm³/mol. The first kappa shape index (κ1) is 33.1. The highest BCUT2D eigenvalue weighted by atomic mass is 32.2. The van der Waals surface area contributed by atoms with Crippen molar-refractivity contribution in [3.63, 3.8) is 0 Å². The number of anilines is 1. The Morgan fingerprint density at radius 3 is 2.50 bits per heavy atom. The molecular weight excluding hydrogens is 582 g/mol. The van der Waals surface area contributed by atoms with E-state index in [0.717, 1.165) is 29.5 Å². The van der Waals surface area contributed by atoms with Crippen LogP contribution in [0.2, 0.25) is 0 Å². The van der Waals surface area contributed by atoms with E-state index in [4.69, 9.17) is 18.7 Å². The summed E-state index contributed by atoms with van der Waals surface area (Å²) in [5, 5.41) is 17.2. The lowest BCUT2D eigenvalue weighted by Gasteiger charge is -2.38. The van der Waals surface area contributed by atoms with E-state index in [-0.39, 0.29) is 30.4 Å². The third kappa shape index (κ3) is 8.02. The summed E-state index contributed by atoms with van der Waals surface area (Å²) in [4.78, 5) is 28.1. The molecule has 4 rings (SSSR count). The van der Waals surface area contributed by atoms with Gasteiger partial charge < -0.3 is 8.92 Å². The van der Waals surface area contributed by atoms with Crippen molar-refractivity contribution in [2.45, 2.75) is 66.4 Å². The number of esters is 1. The quantitative estimate of drug-likeness (QED) is 0.143. The van der Waals surface area contributed by atoms with E-state index in [2.05, 4.69) is 46.7 Å². The molecule has 44 heavy (non-hydrogen) atoms. The number of nitrogens with zero attached hydrogens (tertiary/aromatic N) is 3.